The van der Waals surface area contributed by atoms with Crippen LogP contribution in [0.25, 0.3) is 5.57 Å². The van der Waals surface area contributed by atoms with Crippen molar-refractivity contribution in [2.75, 3.05) is 12.5 Å². The molecule has 0 bridgehead atoms. The van der Waals surface area contributed by atoms with E-state index in [4.69, 9.17) is 9.47 Å². The van der Waals surface area contributed by atoms with Crippen LogP contribution in [0, 0.1) is 0 Å². The molecule has 2 rings (SSSR count). The van der Waals surface area contributed by atoms with Crippen molar-refractivity contribution in [3.63, 3.8) is 0 Å². The summed E-state index contributed by atoms with van der Waals surface area (Å²) in [6.45, 7) is 7.26. The van der Waals surface area contributed by atoms with Crippen molar-refractivity contribution < 1.29 is 22.7 Å². The van der Waals surface area contributed by atoms with E-state index in [1.165, 1.54) is 18.0 Å². The van der Waals surface area contributed by atoms with E-state index >= 15 is 0 Å². The Morgan fingerprint density at radius 1 is 1.25 bits per heavy atom. The molecule has 0 N–H and O–H groups in total. The van der Waals surface area contributed by atoms with E-state index in [1.54, 1.807) is 32.0 Å². The summed E-state index contributed by atoms with van der Waals surface area (Å²) in [4.78, 5) is 13.1. The second-order valence-corrected chi connectivity index (χ2v) is 9.24. The predicted octanol–water partition coefficient (Wildman–Crippen LogP) is 3.28. The van der Waals surface area contributed by atoms with Gasteiger partial charge >= 0.3 is 5.97 Å². The molecule has 7 heteroatoms. The fourth-order valence-electron chi connectivity index (χ4n) is 2.66. The lowest BCUT2D eigenvalue weighted by molar-refractivity contribution is -0.147. The van der Waals surface area contributed by atoms with Gasteiger partial charge in [0.2, 0.25) is 5.76 Å². The van der Waals surface area contributed by atoms with Gasteiger partial charge in [-0.05, 0) is 51.6 Å². The number of hydrogen-bond acceptors (Lipinski definition) is 6. The first-order valence-corrected chi connectivity index (χ1v) is 10.6. The maximum atomic E-state index is 12.2. The van der Waals surface area contributed by atoms with Crippen molar-refractivity contribution in [3.8, 4) is 0 Å². The Labute approximate surface area is 147 Å². The van der Waals surface area contributed by atoms with Crippen molar-refractivity contribution in [2.45, 2.75) is 49.2 Å². The van der Waals surface area contributed by atoms with Crippen LogP contribution in [0.3, 0.4) is 0 Å². The van der Waals surface area contributed by atoms with Crippen LogP contribution in [-0.2, 0) is 24.1 Å². The van der Waals surface area contributed by atoms with Gasteiger partial charge in [0.25, 0.3) is 0 Å². The Hall–Kier alpha value is -1.47. The number of sulfone groups is 1. The van der Waals surface area contributed by atoms with Crippen molar-refractivity contribution >= 4 is 33.1 Å². The lowest BCUT2D eigenvalue weighted by Crippen LogP contribution is -2.22. The van der Waals surface area contributed by atoms with Crippen molar-refractivity contribution in [2.24, 2.45) is 0 Å². The molecule has 1 aliphatic heterocycles. The highest BCUT2D eigenvalue weighted by molar-refractivity contribution is 7.99. The maximum absolute atomic E-state index is 12.2. The number of thioether (sulfide) groups is 1. The topological polar surface area (TPSA) is 69.7 Å². The molecule has 24 heavy (non-hydrogen) atoms. The number of carbonyl (C=O) groups is 1. The van der Waals surface area contributed by atoms with E-state index in [2.05, 4.69) is 0 Å². The Balaban J connectivity index is 2.67. The summed E-state index contributed by atoms with van der Waals surface area (Å²) >= 11 is 1.34. The minimum Gasteiger partial charge on any atom is -0.484 e. The number of hydrogen-bond donors (Lipinski definition) is 0. The largest absolute Gasteiger partial charge is 0.484 e. The van der Waals surface area contributed by atoms with Crippen LogP contribution in [0.4, 0.5) is 0 Å². The number of benzene rings is 1. The number of cyclic esters (lactones) is 1. The molecule has 0 atom stereocenters. The van der Waals surface area contributed by atoms with Gasteiger partial charge in [0, 0.05) is 11.2 Å². The van der Waals surface area contributed by atoms with Gasteiger partial charge in [0.05, 0.1) is 16.6 Å². The molecule has 0 amide bonds. The van der Waals surface area contributed by atoms with Gasteiger partial charge in [-0.3, -0.25) is 0 Å². The summed E-state index contributed by atoms with van der Waals surface area (Å²) in [5, 5.41) is 0. The van der Waals surface area contributed by atoms with Crippen LogP contribution in [0.2, 0.25) is 0 Å². The third-order valence-corrected chi connectivity index (χ3v) is 5.63. The minimum atomic E-state index is -3.32. The van der Waals surface area contributed by atoms with Gasteiger partial charge in [-0.2, -0.15) is 0 Å². The maximum Gasteiger partial charge on any atom is 0.374 e. The fourth-order valence-corrected chi connectivity index (χ4v) is 4.61. The van der Waals surface area contributed by atoms with Crippen molar-refractivity contribution in [1.82, 2.24) is 0 Å². The normalized spacial score (nSPS) is 17.4. The monoisotopic (exact) mass is 370 g/mol. The summed E-state index contributed by atoms with van der Waals surface area (Å²) in [6, 6.07) is 5.03. The highest BCUT2D eigenvalue weighted by Crippen LogP contribution is 2.42. The van der Waals surface area contributed by atoms with Gasteiger partial charge in [-0.15, -0.1) is 11.8 Å². The van der Waals surface area contributed by atoms with Crippen LogP contribution in [0.5, 0.6) is 0 Å². The predicted molar refractivity (Wildman–Crippen MR) is 94.6 cm³/mol. The molecule has 1 heterocycles. The molecule has 1 aliphatic rings. The Morgan fingerprint density at radius 3 is 2.38 bits per heavy atom. The zero-order chi connectivity index (χ0) is 18.3. The fraction of sp³-hybridized carbons (Fsp3) is 0.471. The average molecular weight is 370 g/mol. The highest BCUT2D eigenvalue weighted by atomic mass is 32.2. The van der Waals surface area contributed by atoms with E-state index in [1.807, 2.05) is 20.1 Å². The first-order chi connectivity index (χ1) is 11.0. The number of carbonyl (C=O) groups excluding carboxylic acids is 1. The van der Waals surface area contributed by atoms with E-state index in [0.29, 0.717) is 10.5 Å². The summed E-state index contributed by atoms with van der Waals surface area (Å²) in [5.74, 6) is -0.309. The first-order valence-electron chi connectivity index (χ1n) is 7.50. The SMILES string of the molecule is CSc1cc(C2=C(OC(C)C)C(=O)OC2(C)C)ccc1S(C)(=O)=O. The molecule has 1 aromatic carbocycles. The summed E-state index contributed by atoms with van der Waals surface area (Å²) < 4.78 is 34.9. The number of ether oxygens (including phenoxy) is 2. The first kappa shape index (κ1) is 18.9. The lowest BCUT2D eigenvalue weighted by Gasteiger charge is -2.22. The molecule has 0 aromatic heterocycles. The standard InChI is InChI=1S/C17H22O5S2/c1-10(2)21-15-14(17(3,4)22-16(15)18)11-7-8-13(24(6,19)20)12(9-11)23-5/h7-10H,1-6H3. The van der Waals surface area contributed by atoms with E-state index in [9.17, 15) is 13.2 Å². The second kappa shape index (κ2) is 6.44. The molecule has 0 aliphatic carbocycles. The van der Waals surface area contributed by atoms with Gasteiger partial charge in [-0.1, -0.05) is 6.07 Å². The zero-order valence-corrected chi connectivity index (χ0v) is 16.3. The van der Waals surface area contributed by atoms with Crippen LogP contribution < -0.4 is 0 Å². The molecular formula is C17H22O5S2. The van der Waals surface area contributed by atoms with Crippen molar-refractivity contribution in [1.29, 1.82) is 0 Å². The number of esters is 1. The average Bonchev–Trinajstić information content (AvgIpc) is 2.65. The smallest absolute Gasteiger partial charge is 0.374 e. The lowest BCUT2D eigenvalue weighted by atomic mass is 9.92. The van der Waals surface area contributed by atoms with Gasteiger partial charge in [-0.25, -0.2) is 13.2 Å². The highest BCUT2D eigenvalue weighted by Gasteiger charge is 2.43. The van der Waals surface area contributed by atoms with E-state index in [0.717, 1.165) is 5.56 Å². The second-order valence-electron chi connectivity index (χ2n) is 6.41. The Kier molecular flexibility index (Phi) is 5.06. The van der Waals surface area contributed by atoms with Gasteiger partial charge < -0.3 is 9.47 Å². The van der Waals surface area contributed by atoms with E-state index < -0.39 is 21.4 Å². The molecule has 0 saturated carbocycles. The van der Waals surface area contributed by atoms with Crippen LogP contribution in [0.1, 0.15) is 33.3 Å². The van der Waals surface area contributed by atoms with Crippen LogP contribution in [-0.4, -0.2) is 38.6 Å². The van der Waals surface area contributed by atoms with Crippen LogP contribution in [0.15, 0.2) is 33.7 Å². The molecule has 5 nitrogen and oxygen atoms in total. The van der Waals surface area contributed by atoms with Gasteiger partial charge in [0.1, 0.15) is 5.60 Å². The molecular weight excluding hydrogens is 348 g/mol. The molecule has 1 aromatic rings. The molecule has 0 saturated heterocycles. The summed E-state index contributed by atoms with van der Waals surface area (Å²) in [5.41, 5.74) is 0.513. The third-order valence-electron chi connectivity index (χ3n) is 3.57. The molecule has 0 fully saturated rings. The van der Waals surface area contributed by atoms with Crippen molar-refractivity contribution in [3.05, 3.63) is 29.5 Å². The minimum absolute atomic E-state index is 0.174. The summed E-state index contributed by atoms with van der Waals surface area (Å²) in [6.07, 6.45) is 2.82. The van der Waals surface area contributed by atoms with Crippen LogP contribution >= 0.6 is 11.8 Å². The zero-order valence-electron chi connectivity index (χ0n) is 14.7. The quantitative estimate of drug-likeness (QED) is 0.585. The number of rotatable bonds is 5. The molecule has 0 spiro atoms. The Bertz CT molecular complexity index is 804. The van der Waals surface area contributed by atoms with Gasteiger partial charge in [0.15, 0.2) is 9.84 Å². The molecule has 0 radical (unpaired) electrons. The molecule has 0 unspecified atom stereocenters. The summed E-state index contributed by atoms with van der Waals surface area (Å²) in [7, 11) is -3.32. The molecule has 132 valence electrons. The third kappa shape index (κ3) is 3.62. The Morgan fingerprint density at radius 2 is 1.88 bits per heavy atom. The van der Waals surface area contributed by atoms with E-state index in [-0.39, 0.29) is 16.8 Å².